The van der Waals surface area contributed by atoms with E-state index in [9.17, 15) is 4.79 Å². The summed E-state index contributed by atoms with van der Waals surface area (Å²) in [4.78, 5) is 13.7. The highest BCUT2D eigenvalue weighted by molar-refractivity contribution is 5.80. The first-order valence-electron chi connectivity index (χ1n) is 4.87. The number of likely N-dealkylation sites (tertiary alicyclic amines) is 1. The average molecular weight is 169 g/mol. The van der Waals surface area contributed by atoms with E-state index in [1.54, 1.807) is 0 Å². The molecule has 0 N–H and O–H groups in total. The van der Waals surface area contributed by atoms with Crippen LogP contribution in [0.25, 0.3) is 0 Å². The quantitative estimate of drug-likeness (QED) is 0.628. The van der Waals surface area contributed by atoms with Gasteiger partial charge in [0, 0.05) is 24.9 Å². The average Bonchev–Trinajstić information content (AvgIpc) is 2.09. The van der Waals surface area contributed by atoms with Gasteiger partial charge < -0.3 is 0 Å². The van der Waals surface area contributed by atoms with Crippen LogP contribution in [0.1, 0.15) is 39.5 Å². The lowest BCUT2D eigenvalue weighted by Gasteiger charge is -2.43. The maximum absolute atomic E-state index is 11.3. The predicted octanol–water partition coefficient (Wildman–Crippen LogP) is 1.84. The van der Waals surface area contributed by atoms with Crippen molar-refractivity contribution in [2.24, 2.45) is 0 Å². The van der Waals surface area contributed by atoms with Crippen molar-refractivity contribution in [2.45, 2.75) is 45.1 Å². The van der Waals surface area contributed by atoms with Crippen LogP contribution < -0.4 is 0 Å². The minimum Gasteiger partial charge on any atom is -0.300 e. The molecule has 0 bridgehead atoms. The van der Waals surface area contributed by atoms with Crippen molar-refractivity contribution in [3.05, 3.63) is 0 Å². The predicted molar refractivity (Wildman–Crippen MR) is 50.2 cm³/mol. The Bertz CT molecular complexity index is 173. The van der Waals surface area contributed by atoms with Crippen LogP contribution in [0.4, 0.5) is 0 Å². The highest BCUT2D eigenvalue weighted by Gasteiger charge is 2.36. The first kappa shape index (κ1) is 9.72. The lowest BCUT2D eigenvalue weighted by molar-refractivity contribution is -0.126. The third kappa shape index (κ3) is 1.53. The zero-order valence-electron chi connectivity index (χ0n) is 8.39. The van der Waals surface area contributed by atoms with Crippen molar-refractivity contribution in [1.82, 2.24) is 4.90 Å². The molecule has 0 amide bonds. The van der Waals surface area contributed by atoms with Gasteiger partial charge >= 0.3 is 0 Å². The van der Waals surface area contributed by atoms with Crippen LogP contribution in [0.3, 0.4) is 0 Å². The van der Waals surface area contributed by atoms with E-state index in [1.165, 1.54) is 0 Å². The van der Waals surface area contributed by atoms with E-state index >= 15 is 0 Å². The zero-order chi connectivity index (χ0) is 9.19. The minimum atomic E-state index is 0.176. The summed E-state index contributed by atoms with van der Waals surface area (Å²) in [6, 6.07) is 0. The number of carbonyl (C=O) groups is 1. The molecule has 0 aliphatic carbocycles. The van der Waals surface area contributed by atoms with Gasteiger partial charge in [-0.05, 0) is 19.9 Å². The Morgan fingerprint density at radius 1 is 1.42 bits per heavy atom. The van der Waals surface area contributed by atoms with Gasteiger partial charge in [0.05, 0.1) is 0 Å². The van der Waals surface area contributed by atoms with E-state index < -0.39 is 0 Å². The van der Waals surface area contributed by atoms with Crippen LogP contribution in [0.15, 0.2) is 0 Å². The fourth-order valence-corrected chi connectivity index (χ4v) is 2.16. The second-order valence-corrected chi connectivity index (χ2v) is 3.82. The molecule has 70 valence electrons. The molecule has 1 aliphatic rings. The fourth-order valence-electron chi connectivity index (χ4n) is 2.16. The van der Waals surface area contributed by atoms with Gasteiger partial charge in [-0.2, -0.15) is 0 Å². The van der Waals surface area contributed by atoms with Gasteiger partial charge in [-0.25, -0.2) is 0 Å². The summed E-state index contributed by atoms with van der Waals surface area (Å²) in [6.07, 6.45) is 3.69. The van der Waals surface area contributed by atoms with Gasteiger partial charge in [0.15, 0.2) is 0 Å². The second-order valence-electron chi connectivity index (χ2n) is 3.82. The van der Waals surface area contributed by atoms with Crippen molar-refractivity contribution >= 4 is 5.78 Å². The number of hydrogen-bond acceptors (Lipinski definition) is 2. The van der Waals surface area contributed by atoms with E-state index in [1.807, 2.05) is 0 Å². The van der Waals surface area contributed by atoms with E-state index in [-0.39, 0.29) is 5.54 Å². The first-order chi connectivity index (χ1) is 5.64. The molecule has 12 heavy (non-hydrogen) atoms. The molecule has 2 heteroatoms. The highest BCUT2D eigenvalue weighted by Crippen LogP contribution is 2.30. The maximum atomic E-state index is 11.3. The summed E-state index contributed by atoms with van der Waals surface area (Å²) in [5, 5.41) is 0. The van der Waals surface area contributed by atoms with Crippen molar-refractivity contribution in [1.29, 1.82) is 0 Å². The Morgan fingerprint density at radius 2 is 2.00 bits per heavy atom. The Morgan fingerprint density at radius 3 is 2.42 bits per heavy atom. The Hall–Kier alpha value is -0.370. The zero-order valence-corrected chi connectivity index (χ0v) is 8.39. The van der Waals surface area contributed by atoms with Crippen molar-refractivity contribution in [2.75, 3.05) is 13.6 Å². The number of rotatable bonds is 2. The van der Waals surface area contributed by atoms with E-state index in [0.717, 1.165) is 32.2 Å². The molecule has 0 saturated carbocycles. The molecular formula is C10H19NO. The standard InChI is InChI=1S/C10H19NO/c1-4-10(5-2)8-9(12)6-7-11(10)3/h4-8H2,1-3H3. The summed E-state index contributed by atoms with van der Waals surface area (Å²) in [7, 11) is 2.14. The summed E-state index contributed by atoms with van der Waals surface area (Å²) < 4.78 is 0. The van der Waals surface area contributed by atoms with Gasteiger partial charge in [-0.1, -0.05) is 13.8 Å². The SMILES string of the molecule is CCC1(CC)CC(=O)CCN1C. The van der Waals surface area contributed by atoms with Gasteiger partial charge in [-0.15, -0.1) is 0 Å². The van der Waals surface area contributed by atoms with Crippen LogP contribution in [-0.2, 0) is 4.79 Å². The highest BCUT2D eigenvalue weighted by atomic mass is 16.1. The molecule has 0 aromatic carbocycles. The van der Waals surface area contributed by atoms with Crippen LogP contribution in [0, 0.1) is 0 Å². The van der Waals surface area contributed by atoms with Gasteiger partial charge in [0.2, 0.25) is 0 Å². The van der Waals surface area contributed by atoms with Gasteiger partial charge in [0.25, 0.3) is 0 Å². The molecule has 0 spiro atoms. The summed E-state index contributed by atoms with van der Waals surface area (Å²) in [6.45, 7) is 5.30. The largest absolute Gasteiger partial charge is 0.300 e. The first-order valence-corrected chi connectivity index (χ1v) is 4.87. The normalized spacial score (nSPS) is 24.4. The minimum absolute atomic E-state index is 0.176. The summed E-state index contributed by atoms with van der Waals surface area (Å²) in [5.74, 6) is 0.441. The van der Waals surface area contributed by atoms with Crippen molar-refractivity contribution < 1.29 is 4.79 Å². The molecule has 0 aromatic heterocycles. The molecule has 1 aliphatic heterocycles. The number of carbonyl (C=O) groups excluding carboxylic acids is 1. The van der Waals surface area contributed by atoms with Crippen molar-refractivity contribution in [3.8, 4) is 0 Å². The number of piperidine rings is 1. The van der Waals surface area contributed by atoms with Gasteiger partial charge in [0.1, 0.15) is 5.78 Å². The fraction of sp³-hybridized carbons (Fsp3) is 0.900. The smallest absolute Gasteiger partial charge is 0.136 e. The number of Topliss-reactive ketones (excluding diaryl/α,β-unsaturated/α-hetero) is 1. The third-order valence-corrected chi connectivity index (χ3v) is 3.38. The molecular weight excluding hydrogens is 150 g/mol. The van der Waals surface area contributed by atoms with Crippen LogP contribution in [0.2, 0.25) is 0 Å². The molecule has 0 radical (unpaired) electrons. The monoisotopic (exact) mass is 169 g/mol. The lowest BCUT2D eigenvalue weighted by atomic mass is 9.82. The lowest BCUT2D eigenvalue weighted by Crippen LogP contribution is -2.51. The molecule has 0 atom stereocenters. The Balaban J connectivity index is 2.75. The Kier molecular flexibility index (Phi) is 2.89. The van der Waals surface area contributed by atoms with Crippen molar-refractivity contribution in [3.63, 3.8) is 0 Å². The Labute approximate surface area is 74.9 Å². The topological polar surface area (TPSA) is 20.3 Å². The summed E-state index contributed by atoms with van der Waals surface area (Å²) >= 11 is 0. The van der Waals surface area contributed by atoms with E-state index in [2.05, 4.69) is 25.8 Å². The molecule has 2 nitrogen and oxygen atoms in total. The second kappa shape index (κ2) is 3.56. The summed E-state index contributed by atoms with van der Waals surface area (Å²) in [5.41, 5.74) is 0.176. The van der Waals surface area contributed by atoms with Crippen LogP contribution in [0.5, 0.6) is 0 Å². The molecule has 0 unspecified atom stereocenters. The number of nitrogens with zero attached hydrogens (tertiary/aromatic N) is 1. The van der Waals surface area contributed by atoms with E-state index in [0.29, 0.717) is 5.78 Å². The number of hydrogen-bond donors (Lipinski definition) is 0. The van der Waals surface area contributed by atoms with Crippen LogP contribution >= 0.6 is 0 Å². The maximum Gasteiger partial charge on any atom is 0.136 e. The molecule has 1 rings (SSSR count). The molecule has 1 heterocycles. The third-order valence-electron chi connectivity index (χ3n) is 3.38. The molecule has 1 fully saturated rings. The molecule has 0 aromatic rings. The van der Waals surface area contributed by atoms with E-state index in [4.69, 9.17) is 0 Å². The number of ketones is 1. The van der Waals surface area contributed by atoms with Gasteiger partial charge in [-0.3, -0.25) is 9.69 Å². The van der Waals surface area contributed by atoms with Crippen LogP contribution in [-0.4, -0.2) is 29.8 Å². The molecule has 1 saturated heterocycles.